The summed E-state index contributed by atoms with van der Waals surface area (Å²) in [5.74, 6) is -1.72. The van der Waals surface area contributed by atoms with Gasteiger partial charge in [-0.25, -0.2) is 4.39 Å². The van der Waals surface area contributed by atoms with Gasteiger partial charge in [0.1, 0.15) is 5.82 Å². The summed E-state index contributed by atoms with van der Waals surface area (Å²) in [4.78, 5) is 23.4. The molecule has 0 unspecified atom stereocenters. The Morgan fingerprint density at radius 2 is 1.82 bits per heavy atom. The van der Waals surface area contributed by atoms with Gasteiger partial charge in [0.2, 0.25) is 5.91 Å². The van der Waals surface area contributed by atoms with Gasteiger partial charge in [-0.05, 0) is 36.2 Å². The molecule has 0 heterocycles. The molecule has 0 bridgehead atoms. The zero-order valence-corrected chi connectivity index (χ0v) is 12.4. The van der Waals surface area contributed by atoms with Crippen molar-refractivity contribution < 1.29 is 14.0 Å². The fraction of sp³-hybridized carbons (Fsp3) is 0.125. The Balaban J connectivity index is 1.81. The second-order valence-corrected chi connectivity index (χ2v) is 5.05. The number of benzene rings is 2. The Labute approximate surface area is 132 Å². The fourth-order valence-corrected chi connectivity index (χ4v) is 2.06. The van der Waals surface area contributed by atoms with Crippen LogP contribution in [-0.2, 0) is 11.2 Å². The van der Waals surface area contributed by atoms with Crippen molar-refractivity contribution in [3.63, 3.8) is 0 Å². The summed E-state index contributed by atoms with van der Waals surface area (Å²) in [6.45, 7) is 0. The van der Waals surface area contributed by atoms with Crippen LogP contribution in [0.25, 0.3) is 0 Å². The van der Waals surface area contributed by atoms with Gasteiger partial charge >= 0.3 is 0 Å². The SMILES string of the molecule is O=C(CCc1cccc(Cl)c1)NNC(=O)c1ccccc1F. The minimum Gasteiger partial charge on any atom is -0.273 e. The lowest BCUT2D eigenvalue weighted by Crippen LogP contribution is -2.42. The van der Waals surface area contributed by atoms with Crippen molar-refractivity contribution >= 4 is 23.4 Å². The summed E-state index contributed by atoms with van der Waals surface area (Å²) in [7, 11) is 0. The van der Waals surface area contributed by atoms with E-state index in [0.29, 0.717) is 11.4 Å². The topological polar surface area (TPSA) is 58.2 Å². The normalized spacial score (nSPS) is 10.1. The van der Waals surface area contributed by atoms with E-state index in [0.717, 1.165) is 5.56 Å². The van der Waals surface area contributed by atoms with Crippen LogP contribution in [0.4, 0.5) is 4.39 Å². The molecule has 22 heavy (non-hydrogen) atoms. The summed E-state index contributed by atoms with van der Waals surface area (Å²) in [6, 6.07) is 12.7. The number of carbonyl (C=O) groups is 2. The van der Waals surface area contributed by atoms with Gasteiger partial charge < -0.3 is 0 Å². The van der Waals surface area contributed by atoms with E-state index >= 15 is 0 Å². The molecule has 0 spiro atoms. The van der Waals surface area contributed by atoms with Crippen molar-refractivity contribution in [3.05, 3.63) is 70.5 Å². The number of rotatable bonds is 4. The molecule has 2 N–H and O–H groups in total. The highest BCUT2D eigenvalue weighted by molar-refractivity contribution is 6.30. The Morgan fingerprint density at radius 1 is 1.05 bits per heavy atom. The molecule has 0 aliphatic heterocycles. The lowest BCUT2D eigenvalue weighted by molar-refractivity contribution is -0.121. The maximum Gasteiger partial charge on any atom is 0.272 e. The molecule has 0 saturated heterocycles. The average Bonchev–Trinajstić information content (AvgIpc) is 2.51. The highest BCUT2D eigenvalue weighted by Gasteiger charge is 2.11. The van der Waals surface area contributed by atoms with Crippen LogP contribution in [0.2, 0.25) is 5.02 Å². The van der Waals surface area contributed by atoms with Gasteiger partial charge in [0.15, 0.2) is 0 Å². The van der Waals surface area contributed by atoms with E-state index in [4.69, 9.17) is 11.6 Å². The number of aryl methyl sites for hydroxylation is 1. The number of carbonyl (C=O) groups excluding carboxylic acids is 2. The molecular weight excluding hydrogens is 307 g/mol. The lowest BCUT2D eigenvalue weighted by atomic mass is 10.1. The molecule has 6 heteroatoms. The van der Waals surface area contributed by atoms with Crippen molar-refractivity contribution in [1.29, 1.82) is 0 Å². The van der Waals surface area contributed by atoms with E-state index in [9.17, 15) is 14.0 Å². The van der Waals surface area contributed by atoms with Crippen LogP contribution in [0.1, 0.15) is 22.3 Å². The lowest BCUT2D eigenvalue weighted by Gasteiger charge is -2.08. The number of hydrogen-bond acceptors (Lipinski definition) is 2. The van der Waals surface area contributed by atoms with E-state index < -0.39 is 11.7 Å². The Kier molecular flexibility index (Phi) is 5.49. The maximum atomic E-state index is 13.4. The summed E-state index contributed by atoms with van der Waals surface area (Å²) in [5.41, 5.74) is 5.23. The van der Waals surface area contributed by atoms with Crippen molar-refractivity contribution in [2.45, 2.75) is 12.8 Å². The molecular formula is C16H14ClFN2O2. The van der Waals surface area contributed by atoms with Gasteiger partial charge in [0, 0.05) is 11.4 Å². The second kappa shape index (κ2) is 7.56. The van der Waals surface area contributed by atoms with Gasteiger partial charge in [0.05, 0.1) is 5.56 Å². The molecule has 2 rings (SSSR count). The Hall–Kier alpha value is -2.40. The number of halogens is 2. The zero-order valence-electron chi connectivity index (χ0n) is 11.6. The van der Waals surface area contributed by atoms with Crippen LogP contribution in [-0.4, -0.2) is 11.8 Å². The summed E-state index contributed by atoms with van der Waals surface area (Å²) in [6.07, 6.45) is 0.667. The van der Waals surface area contributed by atoms with Crippen LogP contribution in [0.5, 0.6) is 0 Å². The molecule has 2 aromatic rings. The van der Waals surface area contributed by atoms with Crippen LogP contribution in [0, 0.1) is 5.82 Å². The largest absolute Gasteiger partial charge is 0.273 e. The second-order valence-electron chi connectivity index (χ2n) is 4.61. The third-order valence-electron chi connectivity index (χ3n) is 2.96. The van der Waals surface area contributed by atoms with Crippen LogP contribution >= 0.6 is 11.6 Å². The molecule has 114 valence electrons. The molecule has 0 fully saturated rings. The minimum absolute atomic E-state index is 0.127. The van der Waals surface area contributed by atoms with Crippen LogP contribution in [0.3, 0.4) is 0 Å². The first kappa shape index (κ1) is 16.0. The van der Waals surface area contributed by atoms with E-state index in [1.165, 1.54) is 18.2 Å². The fourth-order valence-electron chi connectivity index (χ4n) is 1.85. The van der Waals surface area contributed by atoms with Crippen LogP contribution in [0.15, 0.2) is 48.5 Å². The molecule has 0 aromatic heterocycles. The monoisotopic (exact) mass is 320 g/mol. The molecule has 0 aliphatic carbocycles. The van der Waals surface area contributed by atoms with Gasteiger partial charge in [-0.2, -0.15) is 0 Å². The number of nitrogens with one attached hydrogen (secondary N) is 2. The molecule has 0 atom stereocenters. The summed E-state index contributed by atoms with van der Waals surface area (Å²) >= 11 is 5.85. The first-order valence-electron chi connectivity index (χ1n) is 6.64. The maximum absolute atomic E-state index is 13.4. The predicted octanol–water partition coefficient (Wildman–Crippen LogP) is 2.87. The van der Waals surface area contributed by atoms with Crippen molar-refractivity contribution in [2.24, 2.45) is 0 Å². The molecule has 2 amide bonds. The van der Waals surface area contributed by atoms with Crippen molar-refractivity contribution in [1.82, 2.24) is 10.9 Å². The highest BCUT2D eigenvalue weighted by atomic mass is 35.5. The van der Waals surface area contributed by atoms with Gasteiger partial charge in [0.25, 0.3) is 5.91 Å². The number of hydrazine groups is 1. The Bertz CT molecular complexity index is 691. The van der Waals surface area contributed by atoms with E-state index in [1.807, 2.05) is 6.07 Å². The number of hydrogen-bond donors (Lipinski definition) is 2. The van der Waals surface area contributed by atoms with Gasteiger partial charge in [-0.3, -0.25) is 20.4 Å². The number of amides is 2. The molecule has 0 aliphatic rings. The zero-order chi connectivity index (χ0) is 15.9. The van der Waals surface area contributed by atoms with E-state index in [-0.39, 0.29) is 17.9 Å². The smallest absolute Gasteiger partial charge is 0.272 e. The third-order valence-corrected chi connectivity index (χ3v) is 3.20. The first-order chi connectivity index (χ1) is 10.6. The Morgan fingerprint density at radius 3 is 2.55 bits per heavy atom. The van der Waals surface area contributed by atoms with Crippen molar-refractivity contribution in [3.8, 4) is 0 Å². The third kappa shape index (κ3) is 4.56. The summed E-state index contributed by atoms with van der Waals surface area (Å²) in [5, 5.41) is 0.603. The van der Waals surface area contributed by atoms with Gasteiger partial charge in [-0.1, -0.05) is 35.9 Å². The molecule has 4 nitrogen and oxygen atoms in total. The van der Waals surface area contributed by atoms with E-state index in [1.54, 1.807) is 24.3 Å². The molecule has 2 aromatic carbocycles. The molecule has 0 radical (unpaired) electrons. The average molecular weight is 321 g/mol. The van der Waals surface area contributed by atoms with E-state index in [2.05, 4.69) is 10.9 Å². The van der Waals surface area contributed by atoms with Crippen molar-refractivity contribution in [2.75, 3.05) is 0 Å². The van der Waals surface area contributed by atoms with Gasteiger partial charge in [-0.15, -0.1) is 0 Å². The standard InChI is InChI=1S/C16H14ClFN2O2/c17-12-5-3-4-11(10-12)8-9-15(21)19-20-16(22)13-6-1-2-7-14(13)18/h1-7,10H,8-9H2,(H,19,21)(H,20,22). The quantitative estimate of drug-likeness (QED) is 0.851. The highest BCUT2D eigenvalue weighted by Crippen LogP contribution is 2.12. The minimum atomic E-state index is -0.700. The first-order valence-corrected chi connectivity index (χ1v) is 7.02. The predicted molar refractivity (Wildman–Crippen MR) is 81.8 cm³/mol. The van der Waals surface area contributed by atoms with Crippen LogP contribution < -0.4 is 10.9 Å². The molecule has 0 saturated carbocycles. The summed E-state index contributed by atoms with van der Waals surface area (Å²) < 4.78 is 13.4.